The lowest BCUT2D eigenvalue weighted by atomic mass is 10.0. The Hall–Kier alpha value is -1.50. The molecule has 2 aromatic rings. The molecule has 146 valence electrons. The second kappa shape index (κ2) is 9.13. The van der Waals surface area contributed by atoms with E-state index in [-0.39, 0.29) is 5.56 Å². The van der Waals surface area contributed by atoms with Crippen molar-refractivity contribution in [1.29, 1.82) is 0 Å². The van der Waals surface area contributed by atoms with E-state index < -0.39 is 5.69 Å². The van der Waals surface area contributed by atoms with Crippen molar-refractivity contribution in [2.45, 2.75) is 57.0 Å². The quantitative estimate of drug-likeness (QED) is 0.719. The topological polar surface area (TPSA) is 66.9 Å². The van der Waals surface area contributed by atoms with Crippen LogP contribution in [0.15, 0.2) is 32.8 Å². The van der Waals surface area contributed by atoms with Crippen LogP contribution in [0.1, 0.15) is 42.4 Å². The predicted octanol–water partition coefficient (Wildman–Crippen LogP) is 3.48. The van der Waals surface area contributed by atoms with E-state index in [1.807, 2.05) is 23.9 Å². The lowest BCUT2D eigenvalue weighted by Crippen LogP contribution is -2.34. The third kappa shape index (κ3) is 5.27. The molecule has 1 aromatic heterocycles. The molecule has 2 heterocycles. The van der Waals surface area contributed by atoms with Gasteiger partial charge in [0.25, 0.3) is 5.56 Å². The highest BCUT2D eigenvalue weighted by atomic mass is 35.5. The monoisotopic (exact) mass is 407 g/mol. The van der Waals surface area contributed by atoms with Crippen LogP contribution in [0.3, 0.4) is 0 Å². The molecule has 1 saturated heterocycles. The molecule has 0 radical (unpaired) electrons. The Morgan fingerprint density at radius 1 is 1.22 bits per heavy atom. The van der Waals surface area contributed by atoms with E-state index in [0.29, 0.717) is 23.2 Å². The minimum Gasteiger partial charge on any atom is -0.314 e. The average Bonchev–Trinajstić information content (AvgIpc) is 2.62. The fraction of sp³-hybridized carbons (Fsp3) is 0.500. The molecule has 0 aliphatic carbocycles. The number of rotatable bonds is 6. The van der Waals surface area contributed by atoms with Crippen LogP contribution in [0, 0.1) is 13.8 Å². The summed E-state index contributed by atoms with van der Waals surface area (Å²) in [4.78, 5) is 27.3. The zero-order valence-corrected chi connectivity index (χ0v) is 17.4. The van der Waals surface area contributed by atoms with Crippen molar-refractivity contribution in [2.75, 3.05) is 12.3 Å². The van der Waals surface area contributed by atoms with Gasteiger partial charge in [0.15, 0.2) is 0 Å². The zero-order chi connectivity index (χ0) is 19.4. The zero-order valence-electron chi connectivity index (χ0n) is 15.8. The molecule has 0 amide bonds. The number of nitrogens with one attached hydrogen (secondary N) is 2. The molecule has 27 heavy (non-hydrogen) atoms. The number of H-pyrrole nitrogens is 1. The molecule has 1 aliphatic rings. The molecule has 0 bridgehead atoms. The Balaban J connectivity index is 1.79. The maximum absolute atomic E-state index is 12.2. The summed E-state index contributed by atoms with van der Waals surface area (Å²) in [7, 11) is 0. The smallest absolute Gasteiger partial charge is 0.314 e. The van der Waals surface area contributed by atoms with E-state index in [9.17, 15) is 9.59 Å². The summed E-state index contributed by atoms with van der Waals surface area (Å²) in [6, 6.07) is 4.49. The van der Waals surface area contributed by atoms with Crippen LogP contribution in [0.25, 0.3) is 0 Å². The van der Waals surface area contributed by atoms with Gasteiger partial charge in [-0.3, -0.25) is 14.3 Å². The van der Waals surface area contributed by atoms with Crippen LogP contribution in [-0.4, -0.2) is 27.9 Å². The van der Waals surface area contributed by atoms with E-state index in [1.54, 1.807) is 13.1 Å². The number of nitrogens with zero attached hydrogens (tertiary/aromatic N) is 1. The molecule has 1 unspecified atom stereocenters. The first-order chi connectivity index (χ1) is 12.9. The molecule has 0 saturated carbocycles. The first kappa shape index (κ1) is 20.2. The van der Waals surface area contributed by atoms with Crippen LogP contribution >= 0.6 is 23.4 Å². The van der Waals surface area contributed by atoms with Gasteiger partial charge in [0.2, 0.25) is 0 Å². The van der Waals surface area contributed by atoms with E-state index in [4.69, 9.17) is 11.6 Å². The molecule has 1 fully saturated rings. The van der Waals surface area contributed by atoms with Crippen LogP contribution < -0.4 is 16.6 Å². The van der Waals surface area contributed by atoms with E-state index in [2.05, 4.69) is 17.2 Å². The highest BCUT2D eigenvalue weighted by Crippen LogP contribution is 2.31. The molecule has 7 heteroatoms. The Bertz CT molecular complexity index is 916. The normalized spacial score (nSPS) is 17.2. The average molecular weight is 408 g/mol. The van der Waals surface area contributed by atoms with Gasteiger partial charge in [0.05, 0.1) is 6.54 Å². The number of halogens is 1. The number of aromatic nitrogens is 2. The standard InChI is InChI=1S/C20H26ClN3O2S/c1-13-9-16(21)10-15(12-24-11-14(2)19(25)23-20(24)26)18(13)27-8-6-17-5-3-4-7-22-17/h9-11,17,22H,3-8,12H2,1-2H3,(H,23,25,26). The minimum absolute atomic E-state index is 0.340. The maximum Gasteiger partial charge on any atom is 0.328 e. The second-order valence-electron chi connectivity index (χ2n) is 7.19. The first-order valence-corrected chi connectivity index (χ1v) is 10.8. The lowest BCUT2D eigenvalue weighted by molar-refractivity contribution is 0.395. The molecule has 1 aromatic carbocycles. The summed E-state index contributed by atoms with van der Waals surface area (Å²) in [6.07, 6.45) is 6.57. The van der Waals surface area contributed by atoms with Crippen LogP contribution in [0.5, 0.6) is 0 Å². The van der Waals surface area contributed by atoms with E-state index in [1.165, 1.54) is 28.7 Å². The SMILES string of the molecule is Cc1cc(Cl)cc(Cn2cc(C)c(=O)[nH]c2=O)c1SCCC1CCCCN1. The summed E-state index contributed by atoms with van der Waals surface area (Å²) < 4.78 is 1.54. The summed E-state index contributed by atoms with van der Waals surface area (Å²) in [5, 5.41) is 4.25. The number of hydrogen-bond donors (Lipinski definition) is 2. The van der Waals surface area contributed by atoms with E-state index >= 15 is 0 Å². The second-order valence-corrected chi connectivity index (χ2v) is 8.74. The molecule has 1 atom stereocenters. The maximum atomic E-state index is 12.2. The van der Waals surface area contributed by atoms with Gasteiger partial charge in [-0.15, -0.1) is 11.8 Å². The van der Waals surface area contributed by atoms with Gasteiger partial charge in [-0.2, -0.15) is 0 Å². The molecule has 2 N–H and O–H groups in total. The van der Waals surface area contributed by atoms with Gasteiger partial charge in [-0.25, -0.2) is 4.79 Å². The van der Waals surface area contributed by atoms with Crippen molar-refractivity contribution in [1.82, 2.24) is 14.9 Å². The number of piperidine rings is 1. The Morgan fingerprint density at radius 3 is 2.78 bits per heavy atom. The van der Waals surface area contributed by atoms with Gasteiger partial charge >= 0.3 is 5.69 Å². The van der Waals surface area contributed by atoms with Gasteiger partial charge in [0, 0.05) is 27.7 Å². The number of hydrogen-bond acceptors (Lipinski definition) is 4. The van der Waals surface area contributed by atoms with Crippen molar-refractivity contribution in [3.63, 3.8) is 0 Å². The van der Waals surface area contributed by atoms with Crippen LogP contribution in [-0.2, 0) is 6.54 Å². The predicted molar refractivity (Wildman–Crippen MR) is 112 cm³/mol. The number of benzene rings is 1. The summed E-state index contributed by atoms with van der Waals surface area (Å²) >= 11 is 8.10. The first-order valence-electron chi connectivity index (χ1n) is 9.39. The molecule has 0 spiro atoms. The third-order valence-electron chi connectivity index (χ3n) is 4.97. The Kier molecular flexibility index (Phi) is 6.84. The molecular formula is C20H26ClN3O2S. The Morgan fingerprint density at radius 2 is 2.04 bits per heavy atom. The van der Waals surface area contributed by atoms with Crippen molar-refractivity contribution < 1.29 is 0 Å². The number of aryl methyl sites for hydroxylation is 2. The molecule has 1 aliphatic heterocycles. The number of aromatic amines is 1. The molecular weight excluding hydrogens is 382 g/mol. The lowest BCUT2D eigenvalue weighted by Gasteiger charge is -2.23. The summed E-state index contributed by atoms with van der Waals surface area (Å²) in [5.74, 6) is 1.02. The minimum atomic E-state index is -0.398. The van der Waals surface area contributed by atoms with Gasteiger partial charge in [0.1, 0.15) is 0 Å². The third-order valence-corrected chi connectivity index (χ3v) is 6.50. The van der Waals surface area contributed by atoms with Crippen molar-refractivity contribution in [3.8, 4) is 0 Å². The summed E-state index contributed by atoms with van der Waals surface area (Å²) in [6.45, 7) is 5.26. The van der Waals surface area contributed by atoms with Crippen molar-refractivity contribution in [3.05, 3.63) is 60.9 Å². The molecule has 3 rings (SSSR count). The summed E-state index contributed by atoms with van der Waals surface area (Å²) in [5.41, 5.74) is 1.91. The van der Waals surface area contributed by atoms with E-state index in [0.717, 1.165) is 29.8 Å². The highest BCUT2D eigenvalue weighted by Gasteiger charge is 2.15. The van der Waals surface area contributed by atoms with Gasteiger partial charge in [-0.05, 0) is 68.7 Å². The van der Waals surface area contributed by atoms with Gasteiger partial charge in [-0.1, -0.05) is 18.0 Å². The van der Waals surface area contributed by atoms with Crippen LogP contribution in [0.2, 0.25) is 5.02 Å². The van der Waals surface area contributed by atoms with Crippen molar-refractivity contribution >= 4 is 23.4 Å². The number of thioether (sulfide) groups is 1. The van der Waals surface area contributed by atoms with Gasteiger partial charge < -0.3 is 5.32 Å². The Labute approximate surface area is 168 Å². The van der Waals surface area contributed by atoms with Crippen molar-refractivity contribution in [2.24, 2.45) is 0 Å². The fourth-order valence-electron chi connectivity index (χ4n) is 3.52. The largest absolute Gasteiger partial charge is 0.328 e. The van der Waals surface area contributed by atoms with Crippen LogP contribution in [0.4, 0.5) is 0 Å². The molecule has 5 nitrogen and oxygen atoms in total. The highest BCUT2D eigenvalue weighted by molar-refractivity contribution is 7.99. The fourth-order valence-corrected chi connectivity index (χ4v) is 5.01.